The minimum absolute atomic E-state index is 0.587. The molecule has 0 radical (unpaired) electrons. The van der Waals surface area contributed by atoms with Gasteiger partial charge in [-0.05, 0) is 70.7 Å². The molecule has 0 spiro atoms. The molecule has 3 aromatic rings. The van der Waals surface area contributed by atoms with Crippen LogP contribution in [-0.4, -0.2) is 84.2 Å². The molecular formula is C26H38N6O2. The van der Waals surface area contributed by atoms with Crippen LogP contribution in [0.1, 0.15) is 43.1 Å². The molecule has 0 unspecified atom stereocenters. The predicted octanol–water partition coefficient (Wildman–Crippen LogP) is 3.21. The number of nitrogens with zero attached hydrogens (tertiary/aromatic N) is 6. The van der Waals surface area contributed by atoms with Crippen LogP contribution in [0.15, 0.2) is 54.9 Å². The topological polar surface area (TPSA) is 60.6 Å². The van der Waals surface area contributed by atoms with Crippen molar-refractivity contribution in [2.75, 3.05) is 54.5 Å². The van der Waals surface area contributed by atoms with Gasteiger partial charge in [0.15, 0.2) is 0 Å². The van der Waals surface area contributed by atoms with Gasteiger partial charge in [-0.1, -0.05) is 46.9 Å². The number of hydrogen-bond donors (Lipinski definition) is 0. The zero-order valence-corrected chi connectivity index (χ0v) is 21.1. The SMILES string of the molecule is CCC(=C(c1ccccc1)c1ccnn1OCCCN(C)C)c1ccnn1OCCCN(C)C. The fourth-order valence-electron chi connectivity index (χ4n) is 3.81. The van der Waals surface area contributed by atoms with Gasteiger partial charge >= 0.3 is 0 Å². The third-order valence-corrected chi connectivity index (χ3v) is 5.43. The van der Waals surface area contributed by atoms with Crippen molar-refractivity contribution in [1.82, 2.24) is 29.7 Å². The maximum absolute atomic E-state index is 6.06. The van der Waals surface area contributed by atoms with E-state index in [2.05, 4.69) is 79.4 Å². The van der Waals surface area contributed by atoms with Crippen molar-refractivity contribution in [3.8, 4) is 0 Å². The summed E-state index contributed by atoms with van der Waals surface area (Å²) in [4.78, 5) is 19.7. The quantitative estimate of drug-likeness (QED) is 0.340. The summed E-state index contributed by atoms with van der Waals surface area (Å²) in [5.74, 6) is 0. The molecule has 0 atom stereocenters. The van der Waals surface area contributed by atoms with E-state index in [1.165, 1.54) is 0 Å². The first kappa shape index (κ1) is 25.5. The Labute approximate surface area is 203 Å². The van der Waals surface area contributed by atoms with Crippen LogP contribution < -0.4 is 9.68 Å². The van der Waals surface area contributed by atoms with Crippen molar-refractivity contribution < 1.29 is 9.68 Å². The largest absolute Gasteiger partial charge is 0.396 e. The molecule has 2 heterocycles. The molecule has 3 rings (SSSR count). The van der Waals surface area contributed by atoms with E-state index in [-0.39, 0.29) is 0 Å². The maximum Gasteiger partial charge on any atom is 0.118 e. The number of hydrogen-bond acceptors (Lipinski definition) is 6. The molecule has 0 saturated carbocycles. The van der Waals surface area contributed by atoms with E-state index in [9.17, 15) is 0 Å². The molecule has 0 bridgehead atoms. The zero-order valence-electron chi connectivity index (χ0n) is 21.1. The number of benzene rings is 1. The van der Waals surface area contributed by atoms with Gasteiger partial charge < -0.3 is 19.5 Å². The summed E-state index contributed by atoms with van der Waals surface area (Å²) in [5.41, 5.74) is 5.12. The Bertz CT molecular complexity index is 1020. The van der Waals surface area contributed by atoms with Crippen molar-refractivity contribution in [3.05, 3.63) is 71.8 Å². The summed E-state index contributed by atoms with van der Waals surface area (Å²) >= 11 is 0. The van der Waals surface area contributed by atoms with Crippen LogP contribution in [0, 0.1) is 0 Å². The summed E-state index contributed by atoms with van der Waals surface area (Å²) in [6.07, 6.45) is 6.21. The normalized spacial score (nSPS) is 12.3. The van der Waals surface area contributed by atoms with E-state index < -0.39 is 0 Å². The molecular weight excluding hydrogens is 428 g/mol. The summed E-state index contributed by atoms with van der Waals surface area (Å²) in [6.45, 7) is 5.26. The second-order valence-corrected chi connectivity index (χ2v) is 8.73. The van der Waals surface area contributed by atoms with E-state index in [0.717, 1.165) is 60.4 Å². The van der Waals surface area contributed by atoms with E-state index in [0.29, 0.717) is 13.2 Å². The van der Waals surface area contributed by atoms with Gasteiger partial charge in [0.05, 0.1) is 12.4 Å². The van der Waals surface area contributed by atoms with Gasteiger partial charge in [0.25, 0.3) is 0 Å². The van der Waals surface area contributed by atoms with E-state index >= 15 is 0 Å². The first-order valence-corrected chi connectivity index (χ1v) is 11.9. The van der Waals surface area contributed by atoms with E-state index in [1.54, 1.807) is 22.1 Å². The average molecular weight is 467 g/mol. The summed E-state index contributed by atoms with van der Waals surface area (Å²) < 4.78 is 0. The molecule has 0 aliphatic heterocycles. The third kappa shape index (κ3) is 6.95. The van der Waals surface area contributed by atoms with Gasteiger partial charge in [-0.25, -0.2) is 0 Å². The minimum Gasteiger partial charge on any atom is -0.396 e. The predicted molar refractivity (Wildman–Crippen MR) is 136 cm³/mol. The number of aromatic nitrogens is 4. The Kier molecular flexibility index (Phi) is 9.73. The standard InChI is InChI=1S/C26H38N6O2/c1-6-23(24-14-16-27-31(24)33-20-10-18-29(2)3)26(22-12-8-7-9-13-22)25-15-17-28-32(25)34-21-11-19-30(4)5/h7-9,12-17H,6,10-11,18-21H2,1-5H3. The molecule has 8 heteroatoms. The highest BCUT2D eigenvalue weighted by Gasteiger charge is 2.20. The van der Waals surface area contributed by atoms with Crippen LogP contribution in [0.4, 0.5) is 0 Å². The van der Waals surface area contributed by atoms with Crippen molar-refractivity contribution in [2.24, 2.45) is 0 Å². The van der Waals surface area contributed by atoms with Gasteiger partial charge in [-0.3, -0.25) is 0 Å². The summed E-state index contributed by atoms with van der Waals surface area (Å²) in [6, 6.07) is 14.4. The second-order valence-electron chi connectivity index (χ2n) is 8.73. The molecule has 184 valence electrons. The molecule has 0 aliphatic carbocycles. The van der Waals surface area contributed by atoms with Gasteiger partial charge in [0, 0.05) is 18.7 Å². The first-order valence-electron chi connectivity index (χ1n) is 11.9. The highest BCUT2D eigenvalue weighted by atomic mass is 16.7. The van der Waals surface area contributed by atoms with Gasteiger partial charge in [0.2, 0.25) is 0 Å². The summed E-state index contributed by atoms with van der Waals surface area (Å²) in [7, 11) is 8.26. The molecule has 0 saturated heterocycles. The molecule has 34 heavy (non-hydrogen) atoms. The highest BCUT2D eigenvalue weighted by molar-refractivity contribution is 5.96. The van der Waals surface area contributed by atoms with Gasteiger partial charge in [0.1, 0.15) is 24.6 Å². The number of rotatable bonds is 14. The average Bonchev–Trinajstić information content (AvgIpc) is 3.47. The van der Waals surface area contributed by atoms with Crippen molar-refractivity contribution in [3.63, 3.8) is 0 Å². The van der Waals surface area contributed by atoms with E-state index in [1.807, 2.05) is 18.2 Å². The molecule has 0 aliphatic rings. The second kappa shape index (κ2) is 13.0. The van der Waals surface area contributed by atoms with Crippen LogP contribution >= 0.6 is 0 Å². The van der Waals surface area contributed by atoms with Gasteiger partial charge in [-0.15, -0.1) is 10.2 Å². The lowest BCUT2D eigenvalue weighted by atomic mass is 9.93. The molecule has 0 fully saturated rings. The van der Waals surface area contributed by atoms with Crippen LogP contribution in [0.3, 0.4) is 0 Å². The van der Waals surface area contributed by atoms with E-state index in [4.69, 9.17) is 9.68 Å². The molecule has 8 nitrogen and oxygen atoms in total. The lowest BCUT2D eigenvalue weighted by molar-refractivity contribution is 0.0744. The fourth-order valence-corrected chi connectivity index (χ4v) is 3.81. The fraction of sp³-hybridized carbons (Fsp3) is 0.462. The maximum atomic E-state index is 6.06. The van der Waals surface area contributed by atoms with Crippen LogP contribution in [0.25, 0.3) is 11.1 Å². The minimum atomic E-state index is 0.587. The van der Waals surface area contributed by atoms with Crippen molar-refractivity contribution in [2.45, 2.75) is 26.2 Å². The zero-order chi connectivity index (χ0) is 24.3. The Morgan fingerprint density at radius 3 is 1.82 bits per heavy atom. The number of allylic oxidation sites excluding steroid dienone is 1. The Balaban J connectivity index is 1.96. The Morgan fingerprint density at radius 1 is 0.765 bits per heavy atom. The molecule has 0 N–H and O–H groups in total. The molecule has 0 amide bonds. The van der Waals surface area contributed by atoms with Gasteiger partial charge in [-0.2, -0.15) is 0 Å². The van der Waals surface area contributed by atoms with Crippen molar-refractivity contribution in [1.29, 1.82) is 0 Å². The van der Waals surface area contributed by atoms with Crippen LogP contribution in [-0.2, 0) is 0 Å². The van der Waals surface area contributed by atoms with Crippen molar-refractivity contribution >= 4 is 11.1 Å². The smallest absolute Gasteiger partial charge is 0.118 e. The molecule has 1 aromatic carbocycles. The van der Waals surface area contributed by atoms with Crippen LogP contribution in [0.5, 0.6) is 0 Å². The first-order chi connectivity index (χ1) is 16.5. The monoisotopic (exact) mass is 466 g/mol. The molecule has 2 aromatic heterocycles. The highest BCUT2D eigenvalue weighted by Crippen LogP contribution is 2.33. The lowest BCUT2D eigenvalue weighted by Gasteiger charge is -2.18. The Hall–Kier alpha value is -3.10. The lowest BCUT2D eigenvalue weighted by Crippen LogP contribution is -2.22. The summed E-state index contributed by atoms with van der Waals surface area (Å²) in [5, 5.41) is 8.91. The third-order valence-electron chi connectivity index (χ3n) is 5.43. The Morgan fingerprint density at radius 2 is 1.29 bits per heavy atom. The van der Waals surface area contributed by atoms with Crippen LogP contribution in [0.2, 0.25) is 0 Å².